The van der Waals surface area contributed by atoms with Crippen molar-refractivity contribution in [1.29, 1.82) is 0 Å². The van der Waals surface area contributed by atoms with E-state index in [4.69, 9.17) is 4.74 Å². The van der Waals surface area contributed by atoms with Gasteiger partial charge in [-0.25, -0.2) is 0 Å². The van der Waals surface area contributed by atoms with Crippen molar-refractivity contribution in [2.45, 2.75) is 19.4 Å². The fourth-order valence-corrected chi connectivity index (χ4v) is 3.14. The highest BCUT2D eigenvalue weighted by molar-refractivity contribution is 5.85. The molecule has 2 saturated heterocycles. The number of carbonyl (C=O) groups excluding carboxylic acids is 1. The summed E-state index contributed by atoms with van der Waals surface area (Å²) in [5.74, 6) is 0.311. The molecule has 2 rings (SSSR count). The number of piperazine rings is 2. The fourth-order valence-electron chi connectivity index (χ4n) is 3.14. The van der Waals surface area contributed by atoms with Crippen LogP contribution in [0.1, 0.15) is 13.3 Å². The van der Waals surface area contributed by atoms with Gasteiger partial charge in [-0.3, -0.25) is 9.69 Å². The molecule has 2 aliphatic rings. The molecular weight excluding hydrogens is 339 g/mol. The van der Waals surface area contributed by atoms with Crippen LogP contribution in [0.2, 0.25) is 0 Å². The van der Waals surface area contributed by atoms with E-state index in [2.05, 4.69) is 22.0 Å². The molecule has 0 spiro atoms. The van der Waals surface area contributed by atoms with E-state index in [0.717, 1.165) is 65.5 Å². The Morgan fingerprint density at radius 3 is 2.43 bits per heavy atom. The molecule has 0 radical (unpaired) electrons. The highest BCUT2D eigenvalue weighted by Crippen LogP contribution is 2.10. The number of hydrogen-bond donors (Lipinski definition) is 1. The molecule has 2 fully saturated rings. The van der Waals surface area contributed by atoms with Crippen LogP contribution in [-0.4, -0.2) is 99.3 Å². The number of hydrogen-bond acceptors (Lipinski definition) is 5. The molecule has 6 nitrogen and oxygen atoms in total. The molecule has 8 heteroatoms. The molecular formula is C15H32Cl2N4O2. The molecule has 1 atom stereocenters. The number of nitrogens with one attached hydrogen (secondary N) is 1. The van der Waals surface area contributed by atoms with Gasteiger partial charge in [-0.2, -0.15) is 0 Å². The van der Waals surface area contributed by atoms with E-state index in [-0.39, 0.29) is 24.8 Å². The smallest absolute Gasteiger partial charge is 0.223 e. The quantitative estimate of drug-likeness (QED) is 0.728. The van der Waals surface area contributed by atoms with Gasteiger partial charge < -0.3 is 19.9 Å². The Kier molecular flexibility index (Phi) is 12.2. The zero-order valence-corrected chi connectivity index (χ0v) is 16.0. The lowest BCUT2D eigenvalue weighted by atomic mass is 10.2. The summed E-state index contributed by atoms with van der Waals surface area (Å²) in [5, 5.41) is 3.28. The molecule has 1 unspecified atom stereocenters. The maximum absolute atomic E-state index is 12.2. The number of rotatable bonds is 6. The second kappa shape index (κ2) is 12.3. The van der Waals surface area contributed by atoms with E-state index in [9.17, 15) is 4.79 Å². The summed E-state index contributed by atoms with van der Waals surface area (Å²) < 4.78 is 5.16. The SMILES string of the molecule is COCCN1CCN(CCC(=O)N2CCNCC2)CC1C.Cl.Cl. The lowest BCUT2D eigenvalue weighted by Gasteiger charge is -2.40. The van der Waals surface area contributed by atoms with Gasteiger partial charge in [0.1, 0.15) is 0 Å². The van der Waals surface area contributed by atoms with Gasteiger partial charge in [0.15, 0.2) is 0 Å². The van der Waals surface area contributed by atoms with E-state index in [1.165, 1.54) is 0 Å². The van der Waals surface area contributed by atoms with E-state index >= 15 is 0 Å². The third kappa shape index (κ3) is 7.54. The van der Waals surface area contributed by atoms with Gasteiger partial charge in [0, 0.05) is 78.5 Å². The Labute approximate surface area is 152 Å². The first-order chi connectivity index (χ1) is 10.2. The van der Waals surface area contributed by atoms with Crippen LogP contribution in [0.15, 0.2) is 0 Å². The zero-order valence-electron chi connectivity index (χ0n) is 14.3. The zero-order chi connectivity index (χ0) is 15.1. The second-order valence-corrected chi connectivity index (χ2v) is 6.06. The van der Waals surface area contributed by atoms with E-state index in [0.29, 0.717) is 18.4 Å². The molecule has 138 valence electrons. The summed E-state index contributed by atoms with van der Waals surface area (Å²) in [4.78, 5) is 19.1. The van der Waals surface area contributed by atoms with Crippen LogP contribution in [0.4, 0.5) is 0 Å². The van der Waals surface area contributed by atoms with E-state index < -0.39 is 0 Å². The predicted octanol–water partition coefficient (Wildman–Crippen LogP) is 0.304. The number of ether oxygens (including phenoxy) is 1. The molecule has 0 aromatic rings. The number of carbonyl (C=O) groups is 1. The lowest BCUT2D eigenvalue weighted by molar-refractivity contribution is -0.132. The molecule has 2 heterocycles. The highest BCUT2D eigenvalue weighted by Gasteiger charge is 2.24. The van der Waals surface area contributed by atoms with Gasteiger partial charge in [0.2, 0.25) is 5.91 Å². The third-order valence-electron chi connectivity index (χ3n) is 4.54. The standard InChI is InChI=1S/C15H30N4O2.2ClH/c1-14-13-17(9-10-18(14)11-12-21-2)6-3-15(20)19-7-4-16-5-8-19;;/h14,16H,3-13H2,1-2H3;2*1H. The monoisotopic (exact) mass is 370 g/mol. The topological polar surface area (TPSA) is 48.1 Å². The Morgan fingerprint density at radius 1 is 1.13 bits per heavy atom. The van der Waals surface area contributed by atoms with Crippen molar-refractivity contribution in [2.24, 2.45) is 0 Å². The van der Waals surface area contributed by atoms with Crippen molar-refractivity contribution in [3.8, 4) is 0 Å². The Bertz CT molecular complexity index is 331. The van der Waals surface area contributed by atoms with Crippen LogP contribution < -0.4 is 5.32 Å². The van der Waals surface area contributed by atoms with Crippen LogP contribution in [-0.2, 0) is 9.53 Å². The molecule has 2 aliphatic heterocycles. The minimum atomic E-state index is 0. The number of amides is 1. The normalized spacial score (nSPS) is 23.0. The minimum Gasteiger partial charge on any atom is -0.383 e. The van der Waals surface area contributed by atoms with E-state index in [1.54, 1.807) is 7.11 Å². The van der Waals surface area contributed by atoms with Crippen molar-refractivity contribution in [1.82, 2.24) is 20.0 Å². The average Bonchev–Trinajstić information content (AvgIpc) is 2.52. The van der Waals surface area contributed by atoms with Crippen LogP contribution in [0.25, 0.3) is 0 Å². The Morgan fingerprint density at radius 2 is 1.83 bits per heavy atom. The van der Waals surface area contributed by atoms with Crippen molar-refractivity contribution in [3.05, 3.63) is 0 Å². The van der Waals surface area contributed by atoms with E-state index in [1.807, 2.05) is 4.90 Å². The summed E-state index contributed by atoms with van der Waals surface area (Å²) in [7, 11) is 1.75. The third-order valence-corrected chi connectivity index (χ3v) is 4.54. The molecule has 0 bridgehead atoms. The van der Waals surface area contributed by atoms with Gasteiger partial charge in [-0.15, -0.1) is 24.8 Å². The highest BCUT2D eigenvalue weighted by atomic mass is 35.5. The van der Waals surface area contributed by atoms with Crippen LogP contribution in [0.5, 0.6) is 0 Å². The van der Waals surface area contributed by atoms with Crippen LogP contribution in [0, 0.1) is 0 Å². The average molecular weight is 371 g/mol. The number of halogens is 2. The largest absolute Gasteiger partial charge is 0.383 e. The Hall–Kier alpha value is -0.110. The van der Waals surface area contributed by atoms with Crippen LogP contribution in [0.3, 0.4) is 0 Å². The molecule has 1 amide bonds. The van der Waals surface area contributed by atoms with Gasteiger partial charge in [0.25, 0.3) is 0 Å². The summed E-state index contributed by atoms with van der Waals surface area (Å²) in [6.07, 6.45) is 0.658. The molecule has 0 aliphatic carbocycles. The minimum absolute atomic E-state index is 0. The van der Waals surface area contributed by atoms with Gasteiger partial charge in [-0.1, -0.05) is 0 Å². The van der Waals surface area contributed by atoms with Crippen molar-refractivity contribution in [3.63, 3.8) is 0 Å². The first-order valence-electron chi connectivity index (χ1n) is 8.14. The maximum atomic E-state index is 12.2. The Balaban J connectivity index is 0.00000242. The van der Waals surface area contributed by atoms with Gasteiger partial charge in [0.05, 0.1) is 6.61 Å². The summed E-state index contributed by atoms with van der Waals surface area (Å²) in [6.45, 7) is 11.7. The number of methoxy groups -OCH3 is 1. The van der Waals surface area contributed by atoms with Crippen molar-refractivity contribution in [2.75, 3.05) is 72.6 Å². The maximum Gasteiger partial charge on any atom is 0.223 e. The van der Waals surface area contributed by atoms with Crippen molar-refractivity contribution >= 4 is 30.7 Å². The van der Waals surface area contributed by atoms with Gasteiger partial charge >= 0.3 is 0 Å². The first-order valence-corrected chi connectivity index (χ1v) is 8.14. The molecule has 0 aromatic carbocycles. The molecule has 1 N–H and O–H groups in total. The van der Waals surface area contributed by atoms with Crippen molar-refractivity contribution < 1.29 is 9.53 Å². The molecule has 23 heavy (non-hydrogen) atoms. The predicted molar refractivity (Wildman–Crippen MR) is 97.9 cm³/mol. The lowest BCUT2D eigenvalue weighted by Crippen LogP contribution is -2.53. The summed E-state index contributed by atoms with van der Waals surface area (Å²) >= 11 is 0. The second-order valence-electron chi connectivity index (χ2n) is 6.06. The first kappa shape index (κ1) is 22.9. The molecule has 0 saturated carbocycles. The van der Waals surface area contributed by atoms with Crippen LogP contribution >= 0.6 is 24.8 Å². The summed E-state index contributed by atoms with van der Waals surface area (Å²) in [5.41, 5.74) is 0. The number of nitrogens with zero attached hydrogens (tertiary/aromatic N) is 3. The van der Waals surface area contributed by atoms with Gasteiger partial charge in [-0.05, 0) is 6.92 Å². The molecule has 0 aromatic heterocycles. The fraction of sp³-hybridized carbons (Fsp3) is 0.933. The summed E-state index contributed by atoms with van der Waals surface area (Å²) in [6, 6.07) is 0.545.